The second-order valence-electron chi connectivity index (χ2n) is 6.36. The molecule has 2 N–H and O–H groups in total. The molecule has 3 heterocycles. The van der Waals surface area contributed by atoms with Crippen molar-refractivity contribution in [3.63, 3.8) is 0 Å². The minimum absolute atomic E-state index is 0.104. The lowest BCUT2D eigenvalue weighted by Crippen LogP contribution is -2.19. The molecule has 1 aromatic carbocycles. The number of benzene rings is 1. The molecule has 1 aromatic heterocycles. The quantitative estimate of drug-likeness (QED) is 0.779. The van der Waals surface area contributed by atoms with Gasteiger partial charge in [0, 0.05) is 19.2 Å². The van der Waals surface area contributed by atoms with Crippen LogP contribution < -0.4 is 19.5 Å². The highest BCUT2D eigenvalue weighted by molar-refractivity contribution is 7.92. The number of nitrogens with one attached hydrogen (secondary N) is 2. The van der Waals surface area contributed by atoms with Crippen molar-refractivity contribution in [1.82, 2.24) is 4.98 Å². The summed E-state index contributed by atoms with van der Waals surface area (Å²) in [7, 11) is -3.75. The molecule has 1 unspecified atom stereocenters. The number of ether oxygens (including phenoxy) is 3. The normalized spacial score (nSPS) is 18.9. The van der Waals surface area contributed by atoms with E-state index in [0.717, 1.165) is 19.4 Å². The maximum absolute atomic E-state index is 12.6. The molecule has 0 spiro atoms. The zero-order chi connectivity index (χ0) is 18.7. The first-order valence-electron chi connectivity index (χ1n) is 8.84. The molecule has 1 fully saturated rings. The first kappa shape index (κ1) is 17.9. The molecule has 2 aliphatic heterocycles. The smallest absolute Gasteiger partial charge is 0.262 e. The summed E-state index contributed by atoms with van der Waals surface area (Å²) in [5.74, 6) is 1.65. The van der Waals surface area contributed by atoms with Gasteiger partial charge in [-0.15, -0.1) is 0 Å². The molecule has 9 heteroatoms. The van der Waals surface area contributed by atoms with E-state index in [-0.39, 0.29) is 11.0 Å². The number of sulfonamides is 1. The fourth-order valence-corrected chi connectivity index (χ4v) is 4.05. The fraction of sp³-hybridized carbons (Fsp3) is 0.389. The minimum Gasteiger partial charge on any atom is -0.486 e. The third kappa shape index (κ3) is 4.25. The SMILES string of the molecule is O=S(=O)(Nc1ccc(NCC2CCCO2)nc1)c1ccc2c(c1)OCCO2. The highest BCUT2D eigenvalue weighted by Crippen LogP contribution is 2.32. The van der Waals surface area contributed by atoms with Gasteiger partial charge in [0.2, 0.25) is 0 Å². The third-order valence-corrected chi connectivity index (χ3v) is 5.75. The number of anilines is 2. The molecule has 4 rings (SSSR count). The van der Waals surface area contributed by atoms with Crippen LogP contribution in [0.2, 0.25) is 0 Å². The van der Waals surface area contributed by atoms with Gasteiger partial charge >= 0.3 is 0 Å². The van der Waals surface area contributed by atoms with Crippen LogP contribution in [0.5, 0.6) is 11.5 Å². The molecule has 0 saturated carbocycles. The summed E-state index contributed by atoms with van der Waals surface area (Å²) >= 11 is 0. The van der Waals surface area contributed by atoms with Crippen LogP contribution >= 0.6 is 0 Å². The minimum atomic E-state index is -3.75. The van der Waals surface area contributed by atoms with Gasteiger partial charge in [0.25, 0.3) is 10.0 Å². The van der Waals surface area contributed by atoms with E-state index < -0.39 is 10.0 Å². The highest BCUT2D eigenvalue weighted by Gasteiger charge is 2.20. The van der Waals surface area contributed by atoms with E-state index in [1.165, 1.54) is 18.3 Å². The average Bonchev–Trinajstić information content (AvgIpc) is 3.20. The van der Waals surface area contributed by atoms with Gasteiger partial charge in [-0.25, -0.2) is 13.4 Å². The summed E-state index contributed by atoms with van der Waals surface area (Å²) in [5.41, 5.74) is 0.382. The Morgan fingerprint density at radius 2 is 1.93 bits per heavy atom. The van der Waals surface area contributed by atoms with E-state index in [9.17, 15) is 8.42 Å². The molecule has 1 saturated heterocycles. The summed E-state index contributed by atoms with van der Waals surface area (Å²) in [5, 5.41) is 3.20. The molecule has 0 bridgehead atoms. The number of fused-ring (bicyclic) bond motifs is 1. The van der Waals surface area contributed by atoms with Crippen LogP contribution in [0.1, 0.15) is 12.8 Å². The first-order chi connectivity index (χ1) is 13.1. The Bertz CT molecular complexity index is 896. The molecule has 144 valence electrons. The van der Waals surface area contributed by atoms with Crippen LogP contribution in [-0.2, 0) is 14.8 Å². The number of aromatic nitrogens is 1. The molecule has 0 radical (unpaired) electrons. The van der Waals surface area contributed by atoms with Crippen molar-refractivity contribution in [1.29, 1.82) is 0 Å². The Balaban J connectivity index is 1.41. The Labute approximate surface area is 157 Å². The topological polar surface area (TPSA) is 98.8 Å². The van der Waals surface area contributed by atoms with Crippen molar-refractivity contribution in [3.8, 4) is 11.5 Å². The summed E-state index contributed by atoms with van der Waals surface area (Å²) < 4.78 is 44.1. The van der Waals surface area contributed by atoms with Crippen molar-refractivity contribution >= 4 is 21.5 Å². The van der Waals surface area contributed by atoms with E-state index in [1.54, 1.807) is 18.2 Å². The van der Waals surface area contributed by atoms with Gasteiger partial charge in [-0.2, -0.15) is 0 Å². The first-order valence-corrected chi connectivity index (χ1v) is 10.3. The fourth-order valence-electron chi connectivity index (χ4n) is 2.99. The van der Waals surface area contributed by atoms with Crippen LogP contribution in [0, 0.1) is 0 Å². The van der Waals surface area contributed by atoms with Gasteiger partial charge in [0.15, 0.2) is 11.5 Å². The molecule has 27 heavy (non-hydrogen) atoms. The zero-order valence-corrected chi connectivity index (χ0v) is 15.5. The molecule has 8 nitrogen and oxygen atoms in total. The average molecular weight is 391 g/mol. The maximum Gasteiger partial charge on any atom is 0.262 e. The lowest BCUT2D eigenvalue weighted by molar-refractivity contribution is 0.120. The Kier molecular flexibility index (Phi) is 5.04. The van der Waals surface area contributed by atoms with E-state index in [0.29, 0.717) is 42.8 Å². The molecule has 2 aromatic rings. The molecule has 0 amide bonds. The van der Waals surface area contributed by atoms with Crippen molar-refractivity contribution in [2.24, 2.45) is 0 Å². The van der Waals surface area contributed by atoms with Crippen molar-refractivity contribution in [2.75, 3.05) is 36.4 Å². The van der Waals surface area contributed by atoms with Gasteiger partial charge in [-0.1, -0.05) is 0 Å². The van der Waals surface area contributed by atoms with Gasteiger partial charge in [0.1, 0.15) is 19.0 Å². The summed E-state index contributed by atoms with van der Waals surface area (Å²) in [6.45, 7) is 2.35. The number of pyridine rings is 1. The Morgan fingerprint density at radius 1 is 1.07 bits per heavy atom. The number of nitrogens with zero attached hydrogens (tertiary/aromatic N) is 1. The van der Waals surface area contributed by atoms with Crippen molar-refractivity contribution < 1.29 is 22.6 Å². The molecular formula is C18H21N3O5S. The van der Waals surface area contributed by atoms with E-state index in [2.05, 4.69) is 15.0 Å². The molecular weight excluding hydrogens is 370 g/mol. The standard InChI is InChI=1S/C18H21N3O5S/c22-27(23,15-4-5-16-17(10-15)26-9-8-25-16)21-13-3-6-18(19-11-13)20-12-14-2-1-7-24-14/h3-6,10-11,14,21H,1-2,7-9,12H2,(H,19,20). The largest absolute Gasteiger partial charge is 0.486 e. The third-order valence-electron chi connectivity index (χ3n) is 4.37. The predicted molar refractivity (Wildman–Crippen MR) is 99.9 cm³/mol. The number of rotatable bonds is 6. The van der Waals surface area contributed by atoms with Crippen LogP contribution in [0.15, 0.2) is 41.4 Å². The van der Waals surface area contributed by atoms with Crippen molar-refractivity contribution in [2.45, 2.75) is 23.8 Å². The highest BCUT2D eigenvalue weighted by atomic mass is 32.2. The summed E-state index contributed by atoms with van der Waals surface area (Å²) in [4.78, 5) is 4.35. The second-order valence-corrected chi connectivity index (χ2v) is 8.04. The monoisotopic (exact) mass is 391 g/mol. The molecule has 1 atom stereocenters. The maximum atomic E-state index is 12.6. The van der Waals surface area contributed by atoms with Crippen LogP contribution in [0.3, 0.4) is 0 Å². The predicted octanol–water partition coefficient (Wildman–Crippen LogP) is 2.24. The van der Waals surface area contributed by atoms with Crippen LogP contribution in [0.4, 0.5) is 11.5 Å². The number of hydrogen-bond donors (Lipinski definition) is 2. The molecule has 2 aliphatic rings. The van der Waals surface area contributed by atoms with Gasteiger partial charge in [0.05, 0.1) is 22.9 Å². The lowest BCUT2D eigenvalue weighted by atomic mass is 10.2. The van der Waals surface area contributed by atoms with Gasteiger partial charge < -0.3 is 19.5 Å². The summed E-state index contributed by atoms with van der Waals surface area (Å²) in [6.07, 6.45) is 3.81. The van der Waals surface area contributed by atoms with Gasteiger partial charge in [-0.05, 0) is 37.1 Å². The van der Waals surface area contributed by atoms with Crippen molar-refractivity contribution in [3.05, 3.63) is 36.5 Å². The Hall–Kier alpha value is -2.52. The second kappa shape index (κ2) is 7.61. The van der Waals surface area contributed by atoms with E-state index in [1.807, 2.05) is 0 Å². The summed E-state index contributed by atoms with van der Waals surface area (Å²) in [6, 6.07) is 7.94. The van der Waals surface area contributed by atoms with Crippen LogP contribution in [-0.4, -0.2) is 45.9 Å². The zero-order valence-electron chi connectivity index (χ0n) is 14.7. The van der Waals surface area contributed by atoms with E-state index in [4.69, 9.17) is 14.2 Å². The lowest BCUT2D eigenvalue weighted by Gasteiger charge is -2.19. The Morgan fingerprint density at radius 3 is 2.67 bits per heavy atom. The number of hydrogen-bond acceptors (Lipinski definition) is 7. The van der Waals surface area contributed by atoms with E-state index >= 15 is 0 Å². The molecule has 0 aliphatic carbocycles. The van der Waals surface area contributed by atoms with Crippen LogP contribution in [0.25, 0.3) is 0 Å². The van der Waals surface area contributed by atoms with Gasteiger partial charge in [-0.3, -0.25) is 4.72 Å².